The number of hydrogen-bond acceptors (Lipinski definition) is 5. The third-order valence-electron chi connectivity index (χ3n) is 5.85. The number of aromatic amines is 1. The molecular weight excluding hydrogens is 368 g/mol. The summed E-state index contributed by atoms with van der Waals surface area (Å²) in [6.45, 7) is 3.37. The number of rotatable bonds is 7. The summed E-state index contributed by atoms with van der Waals surface area (Å²) in [5, 5.41) is 15.4. The maximum absolute atomic E-state index is 9.57. The molecule has 0 aromatic carbocycles. The fraction of sp³-hybridized carbons (Fsp3) is 0.545. The molecule has 4 heterocycles. The number of fused-ring (bicyclic) bond motifs is 1. The first-order valence-electron chi connectivity index (χ1n) is 10.7. The quantitative estimate of drug-likeness (QED) is 0.628. The van der Waals surface area contributed by atoms with Crippen LogP contribution >= 0.6 is 0 Å². The van der Waals surface area contributed by atoms with E-state index in [1.807, 2.05) is 13.0 Å². The fourth-order valence-corrected chi connectivity index (χ4v) is 4.01. The zero-order chi connectivity index (χ0) is 19.8. The van der Waals surface area contributed by atoms with Crippen LogP contribution in [0.15, 0.2) is 24.5 Å². The number of ether oxygens (including phenoxy) is 2. The van der Waals surface area contributed by atoms with Crippen molar-refractivity contribution in [2.45, 2.75) is 63.5 Å². The van der Waals surface area contributed by atoms with E-state index >= 15 is 0 Å². The lowest BCUT2D eigenvalue weighted by Crippen LogP contribution is -2.15. The molecule has 1 saturated heterocycles. The first-order chi connectivity index (χ1) is 14.2. The third-order valence-corrected chi connectivity index (χ3v) is 5.85. The molecule has 3 aromatic heterocycles. The summed E-state index contributed by atoms with van der Waals surface area (Å²) in [7, 11) is 0. The van der Waals surface area contributed by atoms with Crippen LogP contribution in [0.4, 0.5) is 0 Å². The van der Waals surface area contributed by atoms with Crippen molar-refractivity contribution in [3.05, 3.63) is 35.9 Å². The van der Waals surface area contributed by atoms with E-state index in [1.165, 1.54) is 12.8 Å². The second-order valence-electron chi connectivity index (χ2n) is 8.33. The summed E-state index contributed by atoms with van der Waals surface area (Å²) >= 11 is 0. The topological polar surface area (TPSA) is 85.2 Å². The average molecular weight is 396 g/mol. The van der Waals surface area contributed by atoms with Gasteiger partial charge in [0, 0.05) is 31.0 Å². The van der Waals surface area contributed by atoms with Crippen LogP contribution in [0.1, 0.15) is 62.4 Å². The molecule has 0 amide bonds. The number of aromatic nitrogens is 4. The van der Waals surface area contributed by atoms with E-state index in [9.17, 15) is 5.11 Å². The molecule has 1 aliphatic heterocycles. The van der Waals surface area contributed by atoms with Crippen molar-refractivity contribution in [3.8, 4) is 11.5 Å². The Morgan fingerprint density at radius 1 is 1.28 bits per heavy atom. The van der Waals surface area contributed by atoms with E-state index in [2.05, 4.69) is 26.9 Å². The van der Waals surface area contributed by atoms with Crippen LogP contribution in [0.3, 0.4) is 0 Å². The van der Waals surface area contributed by atoms with Crippen molar-refractivity contribution in [1.82, 2.24) is 19.7 Å². The Kier molecular flexibility index (Phi) is 5.01. The molecule has 7 nitrogen and oxygen atoms in total. The summed E-state index contributed by atoms with van der Waals surface area (Å²) in [6, 6.07) is 4.51. The molecule has 0 unspecified atom stereocenters. The van der Waals surface area contributed by atoms with E-state index in [4.69, 9.17) is 14.6 Å². The number of H-pyrrole nitrogens is 1. The predicted octanol–water partition coefficient (Wildman–Crippen LogP) is 4.09. The molecule has 0 radical (unpaired) electrons. The molecule has 154 valence electrons. The molecule has 2 N–H and O–H groups in total. The van der Waals surface area contributed by atoms with Gasteiger partial charge < -0.3 is 19.6 Å². The first-order valence-corrected chi connectivity index (χ1v) is 10.7. The van der Waals surface area contributed by atoms with Gasteiger partial charge in [0.1, 0.15) is 17.1 Å². The van der Waals surface area contributed by atoms with Crippen molar-refractivity contribution in [1.29, 1.82) is 0 Å². The van der Waals surface area contributed by atoms with Gasteiger partial charge >= 0.3 is 0 Å². The zero-order valence-corrected chi connectivity index (χ0v) is 16.8. The number of hydrogen-bond donors (Lipinski definition) is 2. The summed E-state index contributed by atoms with van der Waals surface area (Å²) in [6.07, 6.45) is 9.36. The Morgan fingerprint density at radius 3 is 2.86 bits per heavy atom. The van der Waals surface area contributed by atoms with Gasteiger partial charge in [-0.1, -0.05) is 0 Å². The second kappa shape index (κ2) is 7.80. The molecule has 3 aromatic rings. The van der Waals surface area contributed by atoms with E-state index in [1.54, 1.807) is 6.20 Å². The summed E-state index contributed by atoms with van der Waals surface area (Å²) in [5.41, 5.74) is 2.92. The second-order valence-corrected chi connectivity index (χ2v) is 8.33. The molecule has 2 fully saturated rings. The number of aliphatic hydroxyl groups excluding tert-OH is 1. The lowest BCUT2D eigenvalue weighted by molar-refractivity contribution is 0.0839. The lowest BCUT2D eigenvalue weighted by Gasteiger charge is -2.21. The van der Waals surface area contributed by atoms with Gasteiger partial charge in [-0.2, -0.15) is 5.10 Å². The first kappa shape index (κ1) is 18.6. The summed E-state index contributed by atoms with van der Waals surface area (Å²) in [4.78, 5) is 7.80. The molecule has 29 heavy (non-hydrogen) atoms. The van der Waals surface area contributed by atoms with Crippen LogP contribution in [0, 0.1) is 0 Å². The van der Waals surface area contributed by atoms with E-state index in [-0.39, 0.29) is 6.10 Å². The van der Waals surface area contributed by atoms with Crippen molar-refractivity contribution in [3.63, 3.8) is 0 Å². The molecule has 1 aliphatic carbocycles. The number of aliphatic hydroxyl groups is 1. The highest BCUT2D eigenvalue weighted by molar-refractivity contribution is 5.83. The molecule has 5 rings (SSSR count). The van der Waals surface area contributed by atoms with Gasteiger partial charge in [0.2, 0.25) is 0 Å². The highest BCUT2D eigenvalue weighted by Crippen LogP contribution is 2.41. The zero-order valence-electron chi connectivity index (χ0n) is 16.8. The number of nitrogens with zero attached hydrogens (tertiary/aromatic N) is 3. The predicted molar refractivity (Wildman–Crippen MR) is 109 cm³/mol. The smallest absolute Gasteiger partial charge is 0.168 e. The van der Waals surface area contributed by atoms with Crippen molar-refractivity contribution in [2.24, 2.45) is 0 Å². The highest BCUT2D eigenvalue weighted by Gasteiger charge is 2.30. The van der Waals surface area contributed by atoms with Crippen LogP contribution in [0.5, 0.6) is 11.5 Å². The Bertz CT molecular complexity index is 983. The van der Waals surface area contributed by atoms with Gasteiger partial charge in [0.15, 0.2) is 5.75 Å². The Labute approximate surface area is 170 Å². The Morgan fingerprint density at radius 2 is 2.10 bits per heavy atom. The monoisotopic (exact) mass is 396 g/mol. The van der Waals surface area contributed by atoms with Gasteiger partial charge in [-0.05, 0) is 57.6 Å². The van der Waals surface area contributed by atoms with Crippen molar-refractivity contribution >= 4 is 11.0 Å². The van der Waals surface area contributed by atoms with Crippen molar-refractivity contribution in [2.75, 3.05) is 13.2 Å². The van der Waals surface area contributed by atoms with E-state index in [0.717, 1.165) is 66.4 Å². The SMILES string of the molecule is C[C@H](O)CCc1cc2c(Oc3cn(C4CC4)nc3C3CCOCC3)ccnc2[nH]1. The van der Waals surface area contributed by atoms with Crippen LogP contribution < -0.4 is 4.74 Å². The van der Waals surface area contributed by atoms with Gasteiger partial charge in [-0.3, -0.25) is 4.68 Å². The minimum absolute atomic E-state index is 0.319. The van der Waals surface area contributed by atoms with E-state index < -0.39 is 0 Å². The van der Waals surface area contributed by atoms with Crippen LogP contribution in [-0.2, 0) is 11.2 Å². The number of pyridine rings is 1. The Hall–Kier alpha value is -2.38. The molecule has 0 bridgehead atoms. The molecule has 1 atom stereocenters. The third kappa shape index (κ3) is 4.02. The lowest BCUT2D eigenvalue weighted by atomic mass is 9.96. The fourth-order valence-electron chi connectivity index (χ4n) is 4.01. The molecule has 7 heteroatoms. The van der Waals surface area contributed by atoms with E-state index in [0.29, 0.717) is 18.4 Å². The summed E-state index contributed by atoms with van der Waals surface area (Å²) in [5.74, 6) is 2.02. The van der Waals surface area contributed by atoms with Crippen LogP contribution in [0.25, 0.3) is 11.0 Å². The van der Waals surface area contributed by atoms with Crippen LogP contribution in [-0.4, -0.2) is 44.2 Å². The standard InChI is InChI=1S/C22H28N4O3/c1-14(27)2-3-16-12-18-19(6-9-23-22(18)24-16)29-20-13-26(17-4-5-17)25-21(20)15-7-10-28-11-8-15/h6,9,12-15,17,27H,2-5,7-8,10-11H2,1H3,(H,23,24)/t14-/m0/s1. The molecule has 1 saturated carbocycles. The van der Waals surface area contributed by atoms with Crippen LogP contribution in [0.2, 0.25) is 0 Å². The maximum atomic E-state index is 9.57. The maximum Gasteiger partial charge on any atom is 0.168 e. The highest BCUT2D eigenvalue weighted by atomic mass is 16.5. The number of nitrogens with one attached hydrogen (secondary N) is 1. The minimum Gasteiger partial charge on any atom is -0.453 e. The van der Waals surface area contributed by atoms with Gasteiger partial charge in [-0.15, -0.1) is 0 Å². The van der Waals surface area contributed by atoms with Gasteiger partial charge in [0.05, 0.1) is 23.7 Å². The Balaban J connectivity index is 1.45. The molecule has 2 aliphatic rings. The van der Waals surface area contributed by atoms with Crippen molar-refractivity contribution < 1.29 is 14.6 Å². The van der Waals surface area contributed by atoms with Gasteiger partial charge in [-0.25, -0.2) is 4.98 Å². The average Bonchev–Trinajstić information content (AvgIpc) is 3.35. The molecule has 0 spiro atoms. The van der Waals surface area contributed by atoms with Gasteiger partial charge in [0.25, 0.3) is 0 Å². The normalized spacial score (nSPS) is 19.0. The number of aryl methyl sites for hydroxylation is 1. The largest absolute Gasteiger partial charge is 0.453 e. The minimum atomic E-state index is -0.319. The molecular formula is C22H28N4O3. The summed E-state index contributed by atoms with van der Waals surface area (Å²) < 4.78 is 14.1.